The number of hydrogen-bond acceptors (Lipinski definition) is 3. The average Bonchev–Trinajstić information content (AvgIpc) is 2.94. The highest BCUT2D eigenvalue weighted by Gasteiger charge is 2.24. The zero-order chi connectivity index (χ0) is 14.6. The molecule has 0 atom stereocenters. The van der Waals surface area contributed by atoms with Crippen LogP contribution < -0.4 is 5.32 Å². The van der Waals surface area contributed by atoms with Gasteiger partial charge in [0.15, 0.2) is 0 Å². The number of hydrogen-bond donors (Lipinski definition) is 1. The molecule has 1 N–H and O–H groups in total. The second kappa shape index (κ2) is 6.56. The highest BCUT2D eigenvalue weighted by atomic mass is 35.5. The van der Waals surface area contributed by atoms with Crippen LogP contribution in [-0.2, 0) is 10.0 Å². The summed E-state index contributed by atoms with van der Waals surface area (Å²) in [7, 11) is -3.25. The summed E-state index contributed by atoms with van der Waals surface area (Å²) >= 11 is 5.74. The number of carbonyl (C=O) groups excluding carboxylic acids is 1. The Morgan fingerprint density at radius 2 is 1.80 bits per heavy atom. The number of rotatable bonds is 5. The van der Waals surface area contributed by atoms with Crippen LogP contribution in [0.1, 0.15) is 23.2 Å². The highest BCUT2D eigenvalue weighted by Crippen LogP contribution is 2.13. The topological polar surface area (TPSA) is 66.5 Å². The van der Waals surface area contributed by atoms with Crippen molar-refractivity contribution in [2.45, 2.75) is 12.8 Å². The van der Waals surface area contributed by atoms with E-state index in [0.717, 1.165) is 12.8 Å². The molecule has 2 rings (SSSR count). The molecule has 5 nitrogen and oxygen atoms in total. The third kappa shape index (κ3) is 3.94. The monoisotopic (exact) mass is 316 g/mol. The Bertz CT molecular complexity index is 566. The van der Waals surface area contributed by atoms with Crippen LogP contribution in [0.4, 0.5) is 0 Å². The van der Waals surface area contributed by atoms with Crippen molar-refractivity contribution in [2.75, 3.05) is 25.4 Å². The summed E-state index contributed by atoms with van der Waals surface area (Å²) in [6.45, 7) is 1.29. The van der Waals surface area contributed by atoms with E-state index in [1.165, 1.54) is 4.31 Å². The number of carbonyl (C=O) groups is 1. The third-order valence-electron chi connectivity index (χ3n) is 3.21. The Morgan fingerprint density at radius 3 is 2.40 bits per heavy atom. The van der Waals surface area contributed by atoms with Crippen molar-refractivity contribution in [3.63, 3.8) is 0 Å². The molecule has 1 aromatic carbocycles. The van der Waals surface area contributed by atoms with Crippen molar-refractivity contribution >= 4 is 27.5 Å². The first-order chi connectivity index (χ1) is 9.49. The van der Waals surface area contributed by atoms with Gasteiger partial charge in [-0.25, -0.2) is 12.7 Å². The Kier molecular flexibility index (Phi) is 5.01. The maximum absolute atomic E-state index is 12.0. The van der Waals surface area contributed by atoms with Gasteiger partial charge in [-0.1, -0.05) is 11.6 Å². The largest absolute Gasteiger partial charge is 0.351 e. The molecule has 1 aliphatic heterocycles. The molecule has 1 amide bonds. The first-order valence-electron chi connectivity index (χ1n) is 6.51. The van der Waals surface area contributed by atoms with Gasteiger partial charge in [0.05, 0.1) is 5.75 Å². The molecule has 1 aliphatic rings. The van der Waals surface area contributed by atoms with Crippen LogP contribution in [0.3, 0.4) is 0 Å². The summed E-state index contributed by atoms with van der Waals surface area (Å²) in [5.74, 6) is -0.356. The molecule has 0 radical (unpaired) electrons. The maximum Gasteiger partial charge on any atom is 0.251 e. The van der Waals surface area contributed by atoms with Crippen molar-refractivity contribution < 1.29 is 13.2 Å². The maximum atomic E-state index is 12.0. The van der Waals surface area contributed by atoms with E-state index >= 15 is 0 Å². The smallest absolute Gasteiger partial charge is 0.251 e. The lowest BCUT2D eigenvalue weighted by atomic mass is 10.2. The van der Waals surface area contributed by atoms with E-state index in [2.05, 4.69) is 5.32 Å². The van der Waals surface area contributed by atoms with Crippen LogP contribution in [-0.4, -0.2) is 44.0 Å². The third-order valence-corrected chi connectivity index (χ3v) is 5.33. The van der Waals surface area contributed by atoms with Crippen LogP contribution in [0.5, 0.6) is 0 Å². The molecule has 0 saturated carbocycles. The van der Waals surface area contributed by atoms with E-state index in [4.69, 9.17) is 11.6 Å². The van der Waals surface area contributed by atoms with Crippen molar-refractivity contribution in [3.05, 3.63) is 34.9 Å². The van der Waals surface area contributed by atoms with Gasteiger partial charge in [0.25, 0.3) is 5.91 Å². The normalized spacial score (nSPS) is 16.2. The molecule has 110 valence electrons. The van der Waals surface area contributed by atoms with E-state index in [1.807, 2.05) is 0 Å². The molecular weight excluding hydrogens is 300 g/mol. The van der Waals surface area contributed by atoms with Crippen LogP contribution in [0.25, 0.3) is 0 Å². The molecule has 1 saturated heterocycles. The molecular formula is C13H17ClN2O3S. The van der Waals surface area contributed by atoms with Crippen LogP contribution in [0.15, 0.2) is 24.3 Å². The lowest BCUT2D eigenvalue weighted by molar-refractivity contribution is 0.0956. The van der Waals surface area contributed by atoms with E-state index in [1.54, 1.807) is 24.3 Å². The van der Waals surface area contributed by atoms with Crippen LogP contribution in [0, 0.1) is 0 Å². The molecule has 0 aromatic heterocycles. The summed E-state index contributed by atoms with van der Waals surface area (Å²) in [6, 6.07) is 6.45. The number of halogens is 1. The van der Waals surface area contributed by atoms with Crippen LogP contribution >= 0.6 is 11.6 Å². The van der Waals surface area contributed by atoms with E-state index < -0.39 is 10.0 Å². The first-order valence-corrected chi connectivity index (χ1v) is 8.49. The second-order valence-electron chi connectivity index (χ2n) is 4.68. The van der Waals surface area contributed by atoms with Gasteiger partial charge in [0.1, 0.15) is 0 Å². The molecule has 0 spiro atoms. The molecule has 0 bridgehead atoms. The zero-order valence-electron chi connectivity index (χ0n) is 11.0. The predicted octanol–water partition coefficient (Wildman–Crippen LogP) is 1.50. The molecule has 0 aliphatic carbocycles. The lowest BCUT2D eigenvalue weighted by Crippen LogP contribution is -2.36. The minimum absolute atomic E-state index is 0.0632. The fourth-order valence-electron chi connectivity index (χ4n) is 2.09. The Balaban J connectivity index is 1.83. The fourth-order valence-corrected chi connectivity index (χ4v) is 3.65. The van der Waals surface area contributed by atoms with Crippen molar-refractivity contribution in [2.24, 2.45) is 0 Å². The summed E-state index contributed by atoms with van der Waals surface area (Å²) in [5.41, 5.74) is 0.466. The van der Waals surface area contributed by atoms with Crippen LogP contribution in [0.2, 0.25) is 5.02 Å². The van der Waals surface area contributed by atoms with Gasteiger partial charge in [0.2, 0.25) is 10.0 Å². The van der Waals surface area contributed by atoms with Gasteiger partial charge in [-0.05, 0) is 37.1 Å². The van der Waals surface area contributed by atoms with Crippen molar-refractivity contribution in [1.82, 2.24) is 9.62 Å². The molecule has 1 heterocycles. The Labute approximate surface area is 124 Å². The van der Waals surface area contributed by atoms with E-state index in [-0.39, 0.29) is 18.2 Å². The predicted molar refractivity (Wildman–Crippen MR) is 78.4 cm³/mol. The van der Waals surface area contributed by atoms with Crippen molar-refractivity contribution in [1.29, 1.82) is 0 Å². The van der Waals surface area contributed by atoms with Gasteiger partial charge >= 0.3 is 0 Å². The van der Waals surface area contributed by atoms with E-state index in [9.17, 15) is 13.2 Å². The number of nitrogens with zero attached hydrogens (tertiary/aromatic N) is 1. The number of nitrogens with one attached hydrogen (secondary N) is 1. The average molecular weight is 317 g/mol. The van der Waals surface area contributed by atoms with E-state index in [0.29, 0.717) is 23.7 Å². The summed E-state index contributed by atoms with van der Waals surface area (Å²) in [5, 5.41) is 3.16. The van der Waals surface area contributed by atoms with Crippen molar-refractivity contribution in [3.8, 4) is 0 Å². The number of sulfonamides is 1. The summed E-state index contributed by atoms with van der Waals surface area (Å²) < 4.78 is 25.4. The Morgan fingerprint density at radius 1 is 1.20 bits per heavy atom. The quantitative estimate of drug-likeness (QED) is 0.895. The highest BCUT2D eigenvalue weighted by molar-refractivity contribution is 7.89. The number of benzene rings is 1. The van der Waals surface area contributed by atoms with Gasteiger partial charge in [-0.3, -0.25) is 4.79 Å². The molecule has 20 heavy (non-hydrogen) atoms. The van der Waals surface area contributed by atoms with Gasteiger partial charge < -0.3 is 5.32 Å². The molecule has 1 aromatic rings. The second-order valence-corrected chi connectivity index (χ2v) is 7.21. The molecule has 0 unspecified atom stereocenters. The fraction of sp³-hybridized carbons (Fsp3) is 0.462. The molecule has 1 fully saturated rings. The van der Waals surface area contributed by atoms with Gasteiger partial charge in [-0.15, -0.1) is 0 Å². The summed E-state index contributed by atoms with van der Waals surface area (Å²) in [4.78, 5) is 11.8. The SMILES string of the molecule is O=C(NCCS(=O)(=O)N1CCCC1)c1ccc(Cl)cc1. The minimum atomic E-state index is -3.25. The minimum Gasteiger partial charge on any atom is -0.351 e. The standard InChI is InChI=1S/C13H17ClN2O3S/c14-12-5-3-11(4-6-12)13(17)15-7-10-20(18,19)16-8-1-2-9-16/h3-6H,1-2,7-10H2,(H,15,17). The Hall–Kier alpha value is -1.11. The zero-order valence-corrected chi connectivity index (χ0v) is 12.6. The summed E-state index contributed by atoms with van der Waals surface area (Å²) in [6.07, 6.45) is 1.83. The lowest BCUT2D eigenvalue weighted by Gasteiger charge is -2.15. The number of amides is 1. The first kappa shape index (κ1) is 15.3. The van der Waals surface area contributed by atoms with Gasteiger partial charge in [0, 0.05) is 30.2 Å². The van der Waals surface area contributed by atoms with Gasteiger partial charge in [-0.2, -0.15) is 0 Å². The molecule has 7 heteroatoms.